The number of rotatable bonds is 6. The Kier molecular flexibility index (Phi) is 5.55. The lowest BCUT2D eigenvalue weighted by Crippen LogP contribution is -2.24. The lowest BCUT2D eigenvalue weighted by molar-refractivity contribution is 0.0945. The van der Waals surface area contributed by atoms with Gasteiger partial charge in [0.2, 0.25) is 0 Å². The van der Waals surface area contributed by atoms with E-state index in [0.29, 0.717) is 5.75 Å². The number of ether oxygens (including phenoxy) is 1. The van der Waals surface area contributed by atoms with Gasteiger partial charge in [-0.2, -0.15) is 0 Å². The van der Waals surface area contributed by atoms with Crippen molar-refractivity contribution in [2.24, 2.45) is 0 Å². The molecule has 138 valence electrons. The van der Waals surface area contributed by atoms with Crippen molar-refractivity contribution in [2.75, 3.05) is 12.4 Å². The molecule has 0 atom stereocenters. The Morgan fingerprint density at radius 1 is 1.04 bits per heavy atom. The second kappa shape index (κ2) is 8.22. The number of hydrogen-bond donors (Lipinski definition) is 2. The van der Waals surface area contributed by atoms with Crippen LogP contribution < -0.4 is 15.4 Å². The fraction of sp³-hybridized carbons (Fsp3) is 0.105. The fourth-order valence-electron chi connectivity index (χ4n) is 2.37. The van der Waals surface area contributed by atoms with E-state index < -0.39 is 17.5 Å². The molecule has 3 rings (SSSR count). The molecule has 27 heavy (non-hydrogen) atoms. The molecule has 2 aromatic carbocycles. The molecule has 0 aliphatic heterocycles. The van der Waals surface area contributed by atoms with Crippen LogP contribution in [0.25, 0.3) is 0 Å². The Bertz CT molecular complexity index is 928. The van der Waals surface area contributed by atoms with Crippen LogP contribution in [-0.2, 0) is 6.54 Å². The number of amides is 1. The van der Waals surface area contributed by atoms with Crippen molar-refractivity contribution in [3.8, 4) is 5.75 Å². The average molecular weight is 370 g/mol. The van der Waals surface area contributed by atoms with Gasteiger partial charge in [-0.05, 0) is 18.2 Å². The first-order valence-corrected chi connectivity index (χ1v) is 8.01. The van der Waals surface area contributed by atoms with Crippen LogP contribution in [0.4, 0.5) is 20.3 Å². The number of halogens is 2. The molecule has 0 bridgehead atoms. The lowest BCUT2D eigenvalue weighted by atomic mass is 10.2. The van der Waals surface area contributed by atoms with Crippen LogP contribution in [0.15, 0.2) is 54.9 Å². The molecule has 0 unspecified atom stereocenters. The van der Waals surface area contributed by atoms with Gasteiger partial charge < -0.3 is 15.4 Å². The zero-order valence-corrected chi connectivity index (χ0v) is 14.4. The Morgan fingerprint density at radius 3 is 2.44 bits per heavy atom. The van der Waals surface area contributed by atoms with E-state index in [1.807, 2.05) is 18.2 Å². The van der Waals surface area contributed by atoms with Gasteiger partial charge >= 0.3 is 0 Å². The van der Waals surface area contributed by atoms with E-state index in [0.717, 1.165) is 17.7 Å². The summed E-state index contributed by atoms with van der Waals surface area (Å²) in [7, 11) is 1.55. The SMILES string of the molecule is COc1ccccc1CNC(=O)c1cnc(Nc2c(F)cccc2F)cn1. The Balaban J connectivity index is 1.65. The standard InChI is InChI=1S/C19H16F2N4O2/c1-27-16-8-3-2-5-12(16)9-24-19(26)15-10-23-17(11-22-15)25-18-13(20)6-4-7-14(18)21/h2-8,10-11H,9H2,1H3,(H,23,25)(H,24,26). The topological polar surface area (TPSA) is 76.1 Å². The maximum absolute atomic E-state index is 13.6. The Hall–Kier alpha value is -3.55. The Morgan fingerprint density at radius 2 is 1.78 bits per heavy atom. The molecule has 6 nitrogen and oxygen atoms in total. The van der Waals surface area contributed by atoms with Gasteiger partial charge in [-0.15, -0.1) is 0 Å². The van der Waals surface area contributed by atoms with Crippen molar-refractivity contribution in [2.45, 2.75) is 6.54 Å². The number of carbonyl (C=O) groups excluding carboxylic acids is 1. The van der Waals surface area contributed by atoms with Crippen molar-refractivity contribution in [3.05, 3.63) is 77.8 Å². The number of aromatic nitrogens is 2. The summed E-state index contributed by atoms with van der Waals surface area (Å²) < 4.78 is 32.5. The maximum Gasteiger partial charge on any atom is 0.271 e. The van der Waals surface area contributed by atoms with E-state index in [9.17, 15) is 13.6 Å². The van der Waals surface area contributed by atoms with Gasteiger partial charge in [-0.1, -0.05) is 24.3 Å². The third-order valence-corrected chi connectivity index (χ3v) is 3.73. The van der Waals surface area contributed by atoms with Gasteiger partial charge in [-0.25, -0.2) is 18.7 Å². The molecule has 0 spiro atoms. The summed E-state index contributed by atoms with van der Waals surface area (Å²) >= 11 is 0. The van der Waals surface area contributed by atoms with Crippen LogP contribution in [0.5, 0.6) is 5.75 Å². The monoisotopic (exact) mass is 370 g/mol. The molecular formula is C19H16F2N4O2. The first-order chi connectivity index (χ1) is 13.1. The van der Waals surface area contributed by atoms with Gasteiger partial charge in [0.05, 0.1) is 19.5 Å². The summed E-state index contributed by atoms with van der Waals surface area (Å²) in [5, 5.41) is 5.22. The molecule has 0 saturated heterocycles. The second-order valence-corrected chi connectivity index (χ2v) is 5.50. The predicted molar refractivity (Wildman–Crippen MR) is 95.8 cm³/mol. The number of para-hydroxylation sites is 2. The molecule has 1 amide bonds. The first-order valence-electron chi connectivity index (χ1n) is 8.01. The fourth-order valence-corrected chi connectivity index (χ4v) is 2.37. The van der Waals surface area contributed by atoms with Crippen LogP contribution in [0.3, 0.4) is 0 Å². The number of anilines is 2. The van der Waals surface area contributed by atoms with E-state index in [1.165, 1.54) is 18.5 Å². The van der Waals surface area contributed by atoms with Crippen LogP contribution in [0.1, 0.15) is 16.1 Å². The minimum atomic E-state index is -0.754. The van der Waals surface area contributed by atoms with E-state index in [1.54, 1.807) is 13.2 Å². The summed E-state index contributed by atoms with van der Waals surface area (Å²) in [5.41, 5.74) is 0.555. The maximum atomic E-state index is 13.6. The summed E-state index contributed by atoms with van der Waals surface area (Å²) in [6, 6.07) is 10.8. The summed E-state index contributed by atoms with van der Waals surface area (Å²) in [5.74, 6) is -1.17. The van der Waals surface area contributed by atoms with Gasteiger partial charge in [0.25, 0.3) is 5.91 Å². The molecule has 0 aliphatic carbocycles. The van der Waals surface area contributed by atoms with Gasteiger partial charge in [0.15, 0.2) is 0 Å². The zero-order valence-electron chi connectivity index (χ0n) is 14.4. The highest BCUT2D eigenvalue weighted by atomic mass is 19.1. The number of nitrogens with zero attached hydrogens (tertiary/aromatic N) is 2. The second-order valence-electron chi connectivity index (χ2n) is 5.50. The van der Waals surface area contributed by atoms with Crippen LogP contribution >= 0.6 is 0 Å². The molecule has 8 heteroatoms. The molecular weight excluding hydrogens is 354 g/mol. The van der Waals surface area contributed by atoms with Crippen molar-refractivity contribution < 1.29 is 18.3 Å². The highest BCUT2D eigenvalue weighted by molar-refractivity contribution is 5.92. The van der Waals surface area contributed by atoms with Crippen LogP contribution in [0, 0.1) is 11.6 Å². The largest absolute Gasteiger partial charge is 0.496 e. The molecule has 0 aliphatic rings. The van der Waals surface area contributed by atoms with E-state index in [2.05, 4.69) is 20.6 Å². The van der Waals surface area contributed by atoms with Crippen molar-refractivity contribution >= 4 is 17.4 Å². The van der Waals surface area contributed by atoms with Gasteiger partial charge in [0.1, 0.15) is 34.6 Å². The summed E-state index contributed by atoms with van der Waals surface area (Å²) in [6.07, 6.45) is 2.45. The average Bonchev–Trinajstić information content (AvgIpc) is 2.69. The molecule has 0 radical (unpaired) electrons. The smallest absolute Gasteiger partial charge is 0.271 e. The highest BCUT2D eigenvalue weighted by Gasteiger charge is 2.12. The third-order valence-electron chi connectivity index (χ3n) is 3.73. The third kappa shape index (κ3) is 4.35. The Labute approximate surface area is 154 Å². The minimum absolute atomic E-state index is 0.0736. The van der Waals surface area contributed by atoms with Gasteiger partial charge in [0, 0.05) is 12.1 Å². The van der Waals surface area contributed by atoms with Crippen molar-refractivity contribution in [1.82, 2.24) is 15.3 Å². The minimum Gasteiger partial charge on any atom is -0.496 e. The van der Waals surface area contributed by atoms with E-state index >= 15 is 0 Å². The molecule has 3 aromatic rings. The first kappa shape index (κ1) is 18.2. The quantitative estimate of drug-likeness (QED) is 0.695. The number of nitrogens with one attached hydrogen (secondary N) is 2. The van der Waals surface area contributed by atoms with Crippen LogP contribution in [0.2, 0.25) is 0 Å². The molecule has 1 aromatic heterocycles. The van der Waals surface area contributed by atoms with Crippen molar-refractivity contribution in [1.29, 1.82) is 0 Å². The van der Waals surface area contributed by atoms with Gasteiger partial charge in [-0.3, -0.25) is 4.79 Å². The van der Waals surface area contributed by atoms with Crippen LogP contribution in [-0.4, -0.2) is 23.0 Å². The number of benzene rings is 2. The van der Waals surface area contributed by atoms with E-state index in [-0.39, 0.29) is 23.7 Å². The molecule has 0 saturated carbocycles. The molecule has 0 fully saturated rings. The molecule has 2 N–H and O–H groups in total. The normalized spacial score (nSPS) is 10.3. The lowest BCUT2D eigenvalue weighted by Gasteiger charge is -2.10. The molecule has 1 heterocycles. The zero-order chi connectivity index (χ0) is 19.2. The summed E-state index contributed by atoms with van der Waals surface area (Å²) in [6.45, 7) is 0.255. The number of methoxy groups -OCH3 is 1. The van der Waals surface area contributed by atoms with E-state index in [4.69, 9.17) is 4.74 Å². The number of carbonyl (C=O) groups is 1. The van der Waals surface area contributed by atoms with Crippen molar-refractivity contribution in [3.63, 3.8) is 0 Å². The highest BCUT2D eigenvalue weighted by Crippen LogP contribution is 2.21. The predicted octanol–water partition coefficient (Wildman–Crippen LogP) is 3.44. The summed E-state index contributed by atoms with van der Waals surface area (Å²) in [4.78, 5) is 20.1. The number of hydrogen-bond acceptors (Lipinski definition) is 5.